The molecule has 1 saturated heterocycles. The Morgan fingerprint density at radius 3 is 2.74 bits per heavy atom. The molecule has 2 heterocycles. The van der Waals surface area contributed by atoms with Gasteiger partial charge >= 0.3 is 6.61 Å². The zero-order valence-electron chi connectivity index (χ0n) is 15.6. The molecule has 3 aliphatic rings. The zero-order valence-corrected chi connectivity index (χ0v) is 15.6. The first-order chi connectivity index (χ1) is 12.8. The van der Waals surface area contributed by atoms with Gasteiger partial charge in [0.1, 0.15) is 17.1 Å². The van der Waals surface area contributed by atoms with Crippen molar-refractivity contribution < 1.29 is 23.0 Å². The summed E-state index contributed by atoms with van der Waals surface area (Å²) >= 11 is 0. The van der Waals surface area contributed by atoms with Gasteiger partial charge in [-0.1, -0.05) is 0 Å². The fraction of sp³-hybridized carbons (Fsp3) is 0.550. The van der Waals surface area contributed by atoms with Crippen LogP contribution in [0.15, 0.2) is 24.3 Å². The Kier molecular flexibility index (Phi) is 4.58. The van der Waals surface area contributed by atoms with E-state index in [1.54, 1.807) is 11.0 Å². The van der Waals surface area contributed by atoms with Gasteiger partial charge in [0, 0.05) is 25.2 Å². The number of amides is 1. The minimum atomic E-state index is -2.90. The molecule has 0 unspecified atom stereocenters. The van der Waals surface area contributed by atoms with Crippen LogP contribution in [0.4, 0.5) is 8.78 Å². The lowest BCUT2D eigenvalue weighted by Crippen LogP contribution is -2.50. The highest BCUT2D eigenvalue weighted by Crippen LogP contribution is 2.40. The predicted octanol–water partition coefficient (Wildman–Crippen LogP) is 3.35. The highest BCUT2D eigenvalue weighted by molar-refractivity contribution is 5.90. The molecule has 0 radical (unpaired) electrons. The van der Waals surface area contributed by atoms with Crippen molar-refractivity contribution in [3.63, 3.8) is 0 Å². The van der Waals surface area contributed by atoms with E-state index in [1.807, 2.05) is 19.9 Å². The smallest absolute Gasteiger partial charge is 0.387 e. The van der Waals surface area contributed by atoms with E-state index < -0.39 is 12.2 Å². The first-order valence-corrected chi connectivity index (χ1v) is 9.34. The summed E-state index contributed by atoms with van der Waals surface area (Å²) in [5.74, 6) is 1.38. The molecule has 7 heteroatoms. The van der Waals surface area contributed by atoms with E-state index >= 15 is 0 Å². The predicted molar refractivity (Wildman–Crippen MR) is 96.6 cm³/mol. The van der Waals surface area contributed by atoms with Gasteiger partial charge in [-0.2, -0.15) is 8.78 Å². The number of benzene rings is 1. The van der Waals surface area contributed by atoms with Crippen LogP contribution in [0.2, 0.25) is 0 Å². The number of hydrogen-bond acceptors (Lipinski definition) is 4. The first kappa shape index (κ1) is 18.2. The molecule has 0 atom stereocenters. The van der Waals surface area contributed by atoms with Crippen molar-refractivity contribution in [1.82, 2.24) is 9.80 Å². The molecule has 0 aromatic heterocycles. The normalized spacial score (nSPS) is 22.3. The van der Waals surface area contributed by atoms with Crippen molar-refractivity contribution in [3.8, 4) is 11.5 Å². The molecule has 0 N–H and O–H groups in total. The zero-order chi connectivity index (χ0) is 19.2. The lowest BCUT2D eigenvalue weighted by Gasteiger charge is -2.39. The molecule has 27 heavy (non-hydrogen) atoms. The molecule has 0 spiro atoms. The molecule has 0 bridgehead atoms. The van der Waals surface area contributed by atoms with Gasteiger partial charge in [-0.15, -0.1) is 0 Å². The Bertz CT molecular complexity index is 774. The van der Waals surface area contributed by atoms with E-state index in [4.69, 9.17) is 4.74 Å². The van der Waals surface area contributed by atoms with Crippen LogP contribution in [0.1, 0.15) is 32.3 Å². The van der Waals surface area contributed by atoms with Crippen LogP contribution in [0.5, 0.6) is 11.5 Å². The Morgan fingerprint density at radius 1 is 1.30 bits per heavy atom. The van der Waals surface area contributed by atoms with Crippen LogP contribution >= 0.6 is 0 Å². The number of halogens is 2. The molecule has 146 valence electrons. The van der Waals surface area contributed by atoms with Gasteiger partial charge in [0.05, 0.1) is 12.2 Å². The summed E-state index contributed by atoms with van der Waals surface area (Å²) in [6.07, 6.45) is 4.40. The van der Waals surface area contributed by atoms with Gasteiger partial charge in [-0.25, -0.2) is 0 Å². The van der Waals surface area contributed by atoms with Crippen LogP contribution in [0.25, 0.3) is 5.70 Å². The minimum Gasteiger partial charge on any atom is -0.483 e. The first-order valence-electron chi connectivity index (χ1n) is 9.34. The van der Waals surface area contributed by atoms with Crippen molar-refractivity contribution in [1.29, 1.82) is 0 Å². The molecule has 2 aliphatic heterocycles. The summed E-state index contributed by atoms with van der Waals surface area (Å²) in [6.45, 7) is 3.68. The number of ether oxygens (including phenoxy) is 2. The number of fused-ring (bicyclic) bond motifs is 1. The standard InChI is InChI=1S/C20H24F2N2O3/c1-20(2)10-16(15-9-14(26-19(21)22)5-6-17(15)27-20)24-8-7-23(12-18(24)25)11-13-3-4-13/h5-6,9-10,13,19H,3-4,7-8,11-12H2,1-2H3. The second kappa shape index (κ2) is 6.78. The van der Waals surface area contributed by atoms with Gasteiger partial charge in [0.25, 0.3) is 0 Å². The van der Waals surface area contributed by atoms with Gasteiger partial charge in [-0.3, -0.25) is 9.69 Å². The lowest BCUT2D eigenvalue weighted by atomic mass is 9.97. The number of rotatable bonds is 5. The Labute approximate surface area is 157 Å². The van der Waals surface area contributed by atoms with Crippen LogP contribution in [-0.4, -0.2) is 54.1 Å². The number of hydrogen-bond donors (Lipinski definition) is 0. The van der Waals surface area contributed by atoms with Gasteiger partial charge < -0.3 is 14.4 Å². The molecule has 1 aliphatic carbocycles. The van der Waals surface area contributed by atoms with E-state index in [9.17, 15) is 13.6 Å². The maximum absolute atomic E-state index is 12.8. The third-order valence-electron chi connectivity index (χ3n) is 5.11. The van der Waals surface area contributed by atoms with Gasteiger partial charge in [0.2, 0.25) is 5.91 Å². The van der Waals surface area contributed by atoms with Crippen LogP contribution in [-0.2, 0) is 4.79 Å². The number of piperazine rings is 1. The number of carbonyl (C=O) groups excluding carboxylic acids is 1. The van der Waals surface area contributed by atoms with Crippen LogP contribution < -0.4 is 9.47 Å². The maximum atomic E-state index is 12.8. The van der Waals surface area contributed by atoms with E-state index in [1.165, 1.54) is 25.0 Å². The second-order valence-electron chi connectivity index (χ2n) is 8.00. The van der Waals surface area contributed by atoms with Crippen molar-refractivity contribution in [3.05, 3.63) is 29.8 Å². The largest absolute Gasteiger partial charge is 0.483 e. The number of nitrogens with zero attached hydrogens (tertiary/aromatic N) is 2. The average molecular weight is 378 g/mol. The maximum Gasteiger partial charge on any atom is 0.387 e. The van der Waals surface area contributed by atoms with Crippen molar-refractivity contribution in [2.24, 2.45) is 5.92 Å². The van der Waals surface area contributed by atoms with E-state index in [0.717, 1.165) is 19.0 Å². The van der Waals surface area contributed by atoms with Gasteiger partial charge in [0.15, 0.2) is 0 Å². The van der Waals surface area contributed by atoms with E-state index in [-0.39, 0.29) is 11.7 Å². The summed E-state index contributed by atoms with van der Waals surface area (Å²) < 4.78 is 35.7. The molecule has 1 aromatic carbocycles. The Balaban J connectivity index is 1.60. The van der Waals surface area contributed by atoms with E-state index in [0.29, 0.717) is 30.1 Å². The van der Waals surface area contributed by atoms with E-state index in [2.05, 4.69) is 9.64 Å². The fourth-order valence-electron chi connectivity index (χ4n) is 3.72. The lowest BCUT2D eigenvalue weighted by molar-refractivity contribution is -0.132. The third kappa shape index (κ3) is 4.08. The number of alkyl halides is 2. The Morgan fingerprint density at radius 2 is 2.07 bits per heavy atom. The number of carbonyl (C=O) groups is 1. The van der Waals surface area contributed by atoms with Crippen molar-refractivity contribution in [2.75, 3.05) is 26.2 Å². The van der Waals surface area contributed by atoms with Gasteiger partial charge in [-0.05, 0) is 56.9 Å². The quantitative estimate of drug-likeness (QED) is 0.788. The molecule has 2 fully saturated rings. The summed E-state index contributed by atoms with van der Waals surface area (Å²) in [5.41, 5.74) is 0.715. The molecular formula is C20H24F2N2O3. The van der Waals surface area contributed by atoms with Crippen LogP contribution in [0.3, 0.4) is 0 Å². The SMILES string of the molecule is CC1(C)C=C(N2CCN(CC3CC3)CC2=O)c2cc(OC(F)F)ccc2O1. The monoisotopic (exact) mass is 378 g/mol. The molecule has 4 rings (SSSR count). The summed E-state index contributed by atoms with van der Waals surface area (Å²) in [5, 5.41) is 0. The molecule has 1 aromatic rings. The molecule has 1 saturated carbocycles. The highest BCUT2D eigenvalue weighted by atomic mass is 19.3. The van der Waals surface area contributed by atoms with Crippen molar-refractivity contribution >= 4 is 11.6 Å². The fourth-order valence-corrected chi connectivity index (χ4v) is 3.72. The highest BCUT2D eigenvalue weighted by Gasteiger charge is 2.35. The summed E-state index contributed by atoms with van der Waals surface area (Å²) in [6, 6.07) is 4.60. The van der Waals surface area contributed by atoms with Crippen LogP contribution in [0, 0.1) is 5.92 Å². The summed E-state index contributed by atoms with van der Waals surface area (Å²) in [4.78, 5) is 16.8. The molecule has 1 amide bonds. The minimum absolute atomic E-state index is 0.0250. The molecular weight excluding hydrogens is 354 g/mol. The molecule has 5 nitrogen and oxygen atoms in total. The topological polar surface area (TPSA) is 42.0 Å². The second-order valence-corrected chi connectivity index (χ2v) is 8.00. The summed E-state index contributed by atoms with van der Waals surface area (Å²) in [7, 11) is 0. The third-order valence-corrected chi connectivity index (χ3v) is 5.11. The van der Waals surface area contributed by atoms with Crippen molar-refractivity contribution in [2.45, 2.75) is 38.9 Å². The average Bonchev–Trinajstić information content (AvgIpc) is 3.38. The Hall–Kier alpha value is -2.15.